The molecule has 7 nitrogen and oxygen atoms in total. The first-order chi connectivity index (χ1) is 18.9. The van der Waals surface area contributed by atoms with Crippen molar-refractivity contribution < 1.29 is 24.2 Å². The van der Waals surface area contributed by atoms with Crippen molar-refractivity contribution in [1.82, 2.24) is 10.6 Å². The average molecular weight is 559 g/mol. The molecule has 0 radical (unpaired) electrons. The highest BCUT2D eigenvalue weighted by atomic mass is 16.6. The quantitative estimate of drug-likeness (QED) is 0.244. The van der Waals surface area contributed by atoms with Gasteiger partial charge in [0.1, 0.15) is 12.6 Å². The fourth-order valence-electron chi connectivity index (χ4n) is 9.49. The first-order valence-electron chi connectivity index (χ1n) is 16.1. The van der Waals surface area contributed by atoms with Crippen LogP contribution in [0.3, 0.4) is 0 Å². The van der Waals surface area contributed by atoms with Gasteiger partial charge < -0.3 is 20.5 Å². The Morgan fingerprint density at radius 2 is 1.80 bits per heavy atom. The fourth-order valence-corrected chi connectivity index (χ4v) is 9.49. The van der Waals surface area contributed by atoms with E-state index in [2.05, 4.69) is 51.3 Å². The number of amides is 2. The maximum Gasteiger partial charge on any atom is 0.407 e. The summed E-state index contributed by atoms with van der Waals surface area (Å²) in [5.74, 6) is 3.36. The number of aliphatic carboxylic acids is 1. The maximum atomic E-state index is 12.4. The molecule has 0 aromatic carbocycles. The standard InChI is InChI=1S/C33H54N2O5/c1-21(2)7-6-8-22(3)26-11-12-27-25-10-9-23-19-24(13-16-32(23,4)28(25)14-17-33(26,27)5)40-31(39)34-18-15-29(36)35-20-30(37)38/h9,21-22,24-28H,6-8,10-20H2,1-5H3,(H,34,39)(H,35,36)(H,37,38)/t22-,24+,25+,26-,27+,28+,32+,33-/m1/s1. The Labute approximate surface area is 241 Å². The Morgan fingerprint density at radius 3 is 2.52 bits per heavy atom. The Kier molecular flexibility index (Phi) is 9.93. The van der Waals surface area contributed by atoms with Gasteiger partial charge in [-0.2, -0.15) is 0 Å². The van der Waals surface area contributed by atoms with Gasteiger partial charge in [-0.05, 0) is 91.3 Å². The minimum atomic E-state index is -1.09. The molecule has 4 aliphatic rings. The van der Waals surface area contributed by atoms with Crippen LogP contribution in [0.2, 0.25) is 0 Å². The number of carbonyl (C=O) groups excluding carboxylic acids is 2. The van der Waals surface area contributed by atoms with Crippen LogP contribution < -0.4 is 10.6 Å². The number of alkyl carbamates (subject to hydrolysis) is 1. The lowest BCUT2D eigenvalue weighted by atomic mass is 9.47. The molecule has 226 valence electrons. The molecule has 0 heterocycles. The zero-order valence-corrected chi connectivity index (χ0v) is 25.6. The van der Waals surface area contributed by atoms with Gasteiger partial charge >= 0.3 is 12.1 Å². The van der Waals surface area contributed by atoms with Crippen molar-refractivity contribution in [3.63, 3.8) is 0 Å². The molecule has 0 saturated heterocycles. The molecule has 0 bridgehead atoms. The van der Waals surface area contributed by atoms with E-state index in [4.69, 9.17) is 9.84 Å². The van der Waals surface area contributed by atoms with Crippen molar-refractivity contribution >= 4 is 18.0 Å². The summed E-state index contributed by atoms with van der Waals surface area (Å²) in [6.07, 6.45) is 15.4. The van der Waals surface area contributed by atoms with Gasteiger partial charge in [-0.1, -0.05) is 65.5 Å². The molecule has 0 aliphatic heterocycles. The second-order valence-electron chi connectivity index (χ2n) is 14.4. The van der Waals surface area contributed by atoms with E-state index in [0.29, 0.717) is 5.41 Å². The summed E-state index contributed by atoms with van der Waals surface area (Å²) in [6, 6.07) is 0. The predicted octanol–water partition coefficient (Wildman–Crippen LogP) is 6.71. The van der Waals surface area contributed by atoms with Crippen LogP contribution >= 0.6 is 0 Å². The molecule has 0 spiro atoms. The summed E-state index contributed by atoms with van der Waals surface area (Å²) in [6.45, 7) is 12.1. The number of allylic oxidation sites excluding steroid dienone is 1. The summed E-state index contributed by atoms with van der Waals surface area (Å²) in [7, 11) is 0. The lowest BCUT2D eigenvalue weighted by molar-refractivity contribution is -0.137. The molecule has 0 aromatic rings. The van der Waals surface area contributed by atoms with Crippen molar-refractivity contribution in [2.24, 2.45) is 46.3 Å². The normalized spacial score (nSPS) is 35.5. The summed E-state index contributed by atoms with van der Waals surface area (Å²) in [5, 5.41) is 13.6. The summed E-state index contributed by atoms with van der Waals surface area (Å²) < 4.78 is 5.76. The molecular weight excluding hydrogens is 504 g/mol. The third kappa shape index (κ3) is 6.70. The minimum absolute atomic E-state index is 0.0248. The molecule has 3 fully saturated rings. The topological polar surface area (TPSA) is 105 Å². The molecule has 7 heteroatoms. The van der Waals surface area contributed by atoms with Crippen LogP contribution in [-0.4, -0.2) is 42.3 Å². The maximum absolute atomic E-state index is 12.4. The van der Waals surface area contributed by atoms with Crippen molar-refractivity contribution in [2.45, 2.75) is 118 Å². The molecular formula is C33H54N2O5. The Balaban J connectivity index is 1.30. The van der Waals surface area contributed by atoms with Gasteiger partial charge in [0.05, 0.1) is 0 Å². The highest BCUT2D eigenvalue weighted by Crippen LogP contribution is 2.67. The average Bonchev–Trinajstić information content (AvgIpc) is 3.24. The van der Waals surface area contributed by atoms with E-state index in [1.165, 1.54) is 56.9 Å². The highest BCUT2D eigenvalue weighted by molar-refractivity contribution is 5.81. The molecule has 3 saturated carbocycles. The predicted molar refractivity (Wildman–Crippen MR) is 157 cm³/mol. The monoisotopic (exact) mass is 558 g/mol. The zero-order valence-electron chi connectivity index (χ0n) is 25.6. The molecule has 4 rings (SSSR count). The van der Waals surface area contributed by atoms with Gasteiger partial charge in [-0.15, -0.1) is 0 Å². The van der Waals surface area contributed by atoms with E-state index < -0.39 is 24.5 Å². The fraction of sp³-hybridized carbons (Fsp3) is 0.848. The van der Waals surface area contributed by atoms with E-state index in [-0.39, 0.29) is 24.5 Å². The van der Waals surface area contributed by atoms with Crippen LogP contribution in [0.5, 0.6) is 0 Å². The van der Waals surface area contributed by atoms with E-state index in [0.717, 1.165) is 54.8 Å². The molecule has 0 aromatic heterocycles. The van der Waals surface area contributed by atoms with Crippen LogP contribution in [-0.2, 0) is 14.3 Å². The number of carboxylic acid groups (broad SMARTS) is 1. The highest BCUT2D eigenvalue weighted by Gasteiger charge is 2.59. The van der Waals surface area contributed by atoms with Gasteiger partial charge in [0.2, 0.25) is 5.91 Å². The van der Waals surface area contributed by atoms with Crippen LogP contribution in [0.15, 0.2) is 11.6 Å². The number of hydrogen-bond donors (Lipinski definition) is 3. The van der Waals surface area contributed by atoms with Gasteiger partial charge in [0.25, 0.3) is 0 Å². The van der Waals surface area contributed by atoms with Crippen molar-refractivity contribution in [1.29, 1.82) is 0 Å². The number of ether oxygens (including phenoxy) is 1. The lowest BCUT2D eigenvalue weighted by Crippen LogP contribution is -2.51. The van der Waals surface area contributed by atoms with Crippen LogP contribution in [0.4, 0.5) is 4.79 Å². The summed E-state index contributed by atoms with van der Waals surface area (Å²) in [5.41, 5.74) is 2.19. The zero-order chi connectivity index (χ0) is 29.1. The van der Waals surface area contributed by atoms with Crippen molar-refractivity contribution in [3.8, 4) is 0 Å². The van der Waals surface area contributed by atoms with Crippen LogP contribution in [0.25, 0.3) is 0 Å². The summed E-state index contributed by atoms with van der Waals surface area (Å²) >= 11 is 0. The first-order valence-corrected chi connectivity index (χ1v) is 16.1. The number of hydrogen-bond acceptors (Lipinski definition) is 4. The smallest absolute Gasteiger partial charge is 0.407 e. The first kappa shape index (κ1) is 30.9. The second kappa shape index (κ2) is 12.9. The van der Waals surface area contributed by atoms with Gasteiger partial charge in [0, 0.05) is 19.4 Å². The number of rotatable bonds is 11. The number of carbonyl (C=O) groups is 3. The van der Waals surface area contributed by atoms with E-state index >= 15 is 0 Å². The number of carboxylic acids is 1. The van der Waals surface area contributed by atoms with E-state index in [1.54, 1.807) is 0 Å². The Hall–Kier alpha value is -2.05. The van der Waals surface area contributed by atoms with Crippen LogP contribution in [0.1, 0.15) is 112 Å². The van der Waals surface area contributed by atoms with Gasteiger partial charge in [-0.3, -0.25) is 9.59 Å². The van der Waals surface area contributed by atoms with Gasteiger partial charge in [0.15, 0.2) is 0 Å². The third-order valence-electron chi connectivity index (χ3n) is 11.6. The molecule has 2 amide bonds. The Morgan fingerprint density at radius 1 is 1.02 bits per heavy atom. The summed E-state index contributed by atoms with van der Waals surface area (Å²) in [4.78, 5) is 34.6. The second-order valence-corrected chi connectivity index (χ2v) is 14.4. The molecule has 0 unspecified atom stereocenters. The Bertz CT molecular complexity index is 962. The third-order valence-corrected chi connectivity index (χ3v) is 11.6. The minimum Gasteiger partial charge on any atom is -0.480 e. The molecule has 8 atom stereocenters. The number of fused-ring (bicyclic) bond motifs is 5. The van der Waals surface area contributed by atoms with Crippen LogP contribution in [0, 0.1) is 46.3 Å². The van der Waals surface area contributed by atoms with Crippen molar-refractivity contribution in [3.05, 3.63) is 11.6 Å². The van der Waals surface area contributed by atoms with Crippen molar-refractivity contribution in [2.75, 3.05) is 13.1 Å². The molecule has 3 N–H and O–H groups in total. The number of nitrogens with one attached hydrogen (secondary N) is 2. The molecule has 4 aliphatic carbocycles. The largest absolute Gasteiger partial charge is 0.480 e. The molecule has 40 heavy (non-hydrogen) atoms. The van der Waals surface area contributed by atoms with Gasteiger partial charge in [-0.25, -0.2) is 4.79 Å². The van der Waals surface area contributed by atoms with E-state index in [9.17, 15) is 14.4 Å². The van der Waals surface area contributed by atoms with E-state index in [1.807, 2.05) is 0 Å². The SMILES string of the molecule is CC(C)CCC[C@@H](C)[C@H]1CC[C@H]2[C@@H]3CC=C4C[C@@H](OC(=O)NCCC(=O)NCC(=O)O)CC[C@]4(C)[C@H]3CC[C@]12C. The lowest BCUT2D eigenvalue weighted by Gasteiger charge is -2.58.